The van der Waals surface area contributed by atoms with Gasteiger partial charge in [0.25, 0.3) is 0 Å². The minimum atomic E-state index is -0.309. The molecule has 1 aliphatic rings. The van der Waals surface area contributed by atoms with Gasteiger partial charge in [-0.25, -0.2) is 4.79 Å². The van der Waals surface area contributed by atoms with Crippen LogP contribution in [0.5, 0.6) is 0 Å². The van der Waals surface area contributed by atoms with E-state index in [4.69, 9.17) is 4.74 Å². The van der Waals surface area contributed by atoms with E-state index in [9.17, 15) is 4.79 Å². The van der Waals surface area contributed by atoms with Crippen molar-refractivity contribution in [1.82, 2.24) is 10.6 Å². The predicted octanol–water partition coefficient (Wildman–Crippen LogP) is 1.65. The van der Waals surface area contributed by atoms with Gasteiger partial charge < -0.3 is 15.4 Å². The first kappa shape index (κ1) is 12.3. The number of alkyl carbamates (subject to hydrolysis) is 1. The lowest BCUT2D eigenvalue weighted by Crippen LogP contribution is -2.43. The van der Waals surface area contributed by atoms with Gasteiger partial charge in [-0.3, -0.25) is 0 Å². The number of rotatable bonds is 1. The zero-order valence-corrected chi connectivity index (χ0v) is 9.93. The molecule has 1 atom stereocenters. The monoisotopic (exact) mass is 214 g/mol. The largest absolute Gasteiger partial charge is 0.445 e. The van der Waals surface area contributed by atoms with Crippen LogP contribution in [0.15, 0.2) is 0 Å². The summed E-state index contributed by atoms with van der Waals surface area (Å²) in [5, 5.41) is 6.06. The molecule has 2 N–H and O–H groups in total. The summed E-state index contributed by atoms with van der Waals surface area (Å²) in [6.45, 7) is 7.64. The van der Waals surface area contributed by atoms with Gasteiger partial charge in [-0.05, 0) is 46.6 Å². The van der Waals surface area contributed by atoms with Crippen molar-refractivity contribution < 1.29 is 9.53 Å². The SMILES string of the molecule is CC(C)(C)NC(=O)O[C@H]1CCCCNC1. The van der Waals surface area contributed by atoms with E-state index in [0.29, 0.717) is 0 Å². The molecule has 1 rings (SSSR count). The topological polar surface area (TPSA) is 50.4 Å². The average molecular weight is 214 g/mol. The molecule has 0 saturated carbocycles. The Hall–Kier alpha value is -0.770. The molecule has 0 aromatic rings. The molecular formula is C11H22N2O2. The van der Waals surface area contributed by atoms with Gasteiger partial charge in [0.15, 0.2) is 0 Å². The highest BCUT2D eigenvalue weighted by molar-refractivity contribution is 5.68. The van der Waals surface area contributed by atoms with Crippen LogP contribution in [0.1, 0.15) is 40.0 Å². The standard InChI is InChI=1S/C11H22N2O2/c1-11(2,3)13-10(14)15-9-6-4-5-7-12-8-9/h9,12H,4-8H2,1-3H3,(H,13,14)/t9-/m0/s1. The maximum absolute atomic E-state index is 11.5. The Labute approximate surface area is 91.8 Å². The van der Waals surface area contributed by atoms with Crippen molar-refractivity contribution >= 4 is 6.09 Å². The van der Waals surface area contributed by atoms with Crippen molar-refractivity contribution in [3.05, 3.63) is 0 Å². The zero-order valence-electron chi connectivity index (χ0n) is 9.93. The lowest BCUT2D eigenvalue weighted by molar-refractivity contribution is 0.0885. The van der Waals surface area contributed by atoms with Crippen molar-refractivity contribution in [3.63, 3.8) is 0 Å². The third kappa shape index (κ3) is 5.62. The molecule has 0 aromatic heterocycles. The van der Waals surface area contributed by atoms with Crippen LogP contribution in [0.2, 0.25) is 0 Å². The Balaban J connectivity index is 2.30. The van der Waals surface area contributed by atoms with Crippen LogP contribution < -0.4 is 10.6 Å². The third-order valence-electron chi connectivity index (χ3n) is 2.25. The molecule has 1 heterocycles. The molecule has 0 aromatic carbocycles. The Kier molecular flexibility index (Phi) is 4.39. The fraction of sp³-hybridized carbons (Fsp3) is 0.909. The van der Waals surface area contributed by atoms with E-state index in [-0.39, 0.29) is 17.7 Å². The normalized spacial score (nSPS) is 23.0. The molecule has 1 saturated heterocycles. The molecule has 0 radical (unpaired) electrons. The van der Waals surface area contributed by atoms with Gasteiger partial charge in [0.1, 0.15) is 6.10 Å². The van der Waals surface area contributed by atoms with E-state index in [1.165, 1.54) is 6.42 Å². The van der Waals surface area contributed by atoms with E-state index in [2.05, 4.69) is 10.6 Å². The molecule has 15 heavy (non-hydrogen) atoms. The van der Waals surface area contributed by atoms with Crippen molar-refractivity contribution in [3.8, 4) is 0 Å². The summed E-state index contributed by atoms with van der Waals surface area (Å²) < 4.78 is 5.33. The molecule has 0 bridgehead atoms. The number of hydrogen-bond acceptors (Lipinski definition) is 3. The molecule has 1 amide bonds. The predicted molar refractivity (Wildman–Crippen MR) is 59.9 cm³/mol. The first-order valence-electron chi connectivity index (χ1n) is 5.67. The summed E-state index contributed by atoms with van der Waals surface area (Å²) in [5.41, 5.74) is -0.227. The molecule has 4 nitrogen and oxygen atoms in total. The number of carbonyl (C=O) groups excluding carboxylic acids is 1. The molecule has 4 heteroatoms. The summed E-state index contributed by atoms with van der Waals surface area (Å²) in [6, 6.07) is 0. The van der Waals surface area contributed by atoms with Gasteiger partial charge in [-0.1, -0.05) is 0 Å². The molecular weight excluding hydrogens is 192 g/mol. The second-order valence-electron chi connectivity index (χ2n) is 5.10. The van der Waals surface area contributed by atoms with Crippen molar-refractivity contribution in [2.45, 2.75) is 51.7 Å². The Bertz CT molecular complexity index is 203. The number of nitrogens with one attached hydrogen (secondary N) is 2. The van der Waals surface area contributed by atoms with Crippen molar-refractivity contribution in [1.29, 1.82) is 0 Å². The summed E-state index contributed by atoms with van der Waals surface area (Å²) in [7, 11) is 0. The third-order valence-corrected chi connectivity index (χ3v) is 2.25. The van der Waals surface area contributed by atoms with Crippen LogP contribution in [0.25, 0.3) is 0 Å². The fourth-order valence-corrected chi connectivity index (χ4v) is 1.57. The lowest BCUT2D eigenvalue weighted by atomic mass is 10.1. The van der Waals surface area contributed by atoms with E-state index in [0.717, 1.165) is 25.9 Å². The van der Waals surface area contributed by atoms with Gasteiger partial charge in [0.05, 0.1) is 0 Å². The zero-order chi connectivity index (χ0) is 11.3. The molecule has 88 valence electrons. The summed E-state index contributed by atoms with van der Waals surface area (Å²) in [4.78, 5) is 11.5. The highest BCUT2D eigenvalue weighted by atomic mass is 16.6. The number of carbonyl (C=O) groups is 1. The Morgan fingerprint density at radius 2 is 2.13 bits per heavy atom. The highest BCUT2D eigenvalue weighted by Crippen LogP contribution is 2.09. The van der Waals surface area contributed by atoms with Crippen LogP contribution in [-0.2, 0) is 4.74 Å². The summed E-state index contributed by atoms with van der Waals surface area (Å²) in [5.74, 6) is 0. The van der Waals surface area contributed by atoms with Gasteiger partial charge in [-0.15, -0.1) is 0 Å². The first-order valence-corrected chi connectivity index (χ1v) is 5.67. The van der Waals surface area contributed by atoms with Crippen LogP contribution in [0, 0.1) is 0 Å². The molecule has 1 fully saturated rings. The van der Waals surface area contributed by atoms with E-state index in [1.54, 1.807) is 0 Å². The number of ether oxygens (including phenoxy) is 1. The van der Waals surface area contributed by atoms with Gasteiger partial charge in [0, 0.05) is 12.1 Å². The van der Waals surface area contributed by atoms with Crippen LogP contribution >= 0.6 is 0 Å². The Morgan fingerprint density at radius 3 is 2.80 bits per heavy atom. The minimum Gasteiger partial charge on any atom is -0.445 e. The molecule has 0 spiro atoms. The number of amides is 1. The number of hydrogen-bond donors (Lipinski definition) is 2. The van der Waals surface area contributed by atoms with Crippen molar-refractivity contribution in [2.75, 3.05) is 13.1 Å². The van der Waals surface area contributed by atoms with Crippen LogP contribution in [0.4, 0.5) is 4.79 Å². The molecule has 0 unspecified atom stereocenters. The molecule has 1 aliphatic heterocycles. The van der Waals surface area contributed by atoms with Crippen LogP contribution in [-0.4, -0.2) is 30.8 Å². The van der Waals surface area contributed by atoms with Crippen LogP contribution in [0.3, 0.4) is 0 Å². The molecule has 0 aliphatic carbocycles. The van der Waals surface area contributed by atoms with Gasteiger partial charge in [0.2, 0.25) is 0 Å². The second-order valence-corrected chi connectivity index (χ2v) is 5.10. The average Bonchev–Trinajstić information content (AvgIpc) is 2.28. The summed E-state index contributed by atoms with van der Waals surface area (Å²) in [6.07, 6.45) is 2.97. The van der Waals surface area contributed by atoms with E-state index in [1.807, 2.05) is 20.8 Å². The van der Waals surface area contributed by atoms with E-state index < -0.39 is 0 Å². The van der Waals surface area contributed by atoms with E-state index >= 15 is 0 Å². The quantitative estimate of drug-likeness (QED) is 0.698. The highest BCUT2D eigenvalue weighted by Gasteiger charge is 2.19. The maximum Gasteiger partial charge on any atom is 0.407 e. The smallest absolute Gasteiger partial charge is 0.407 e. The van der Waals surface area contributed by atoms with Crippen molar-refractivity contribution in [2.24, 2.45) is 0 Å². The first-order chi connectivity index (χ1) is 6.97. The second kappa shape index (κ2) is 5.35. The minimum absolute atomic E-state index is 0.0230. The van der Waals surface area contributed by atoms with Gasteiger partial charge in [-0.2, -0.15) is 0 Å². The Morgan fingerprint density at radius 1 is 1.40 bits per heavy atom. The van der Waals surface area contributed by atoms with Gasteiger partial charge >= 0.3 is 6.09 Å². The lowest BCUT2D eigenvalue weighted by Gasteiger charge is -2.23. The fourth-order valence-electron chi connectivity index (χ4n) is 1.57. The summed E-state index contributed by atoms with van der Waals surface area (Å²) >= 11 is 0. The maximum atomic E-state index is 11.5.